The lowest BCUT2D eigenvalue weighted by atomic mass is 9.86. The second kappa shape index (κ2) is 7.13. The van der Waals surface area contributed by atoms with E-state index in [2.05, 4.69) is 6.58 Å². The van der Waals surface area contributed by atoms with E-state index in [-0.39, 0.29) is 19.6 Å². The zero-order valence-corrected chi connectivity index (χ0v) is 14.0. The van der Waals surface area contributed by atoms with Gasteiger partial charge in [0.15, 0.2) is 5.54 Å². The number of likely N-dealkylation sites (tertiary alicyclic amines) is 1. The predicted octanol–water partition coefficient (Wildman–Crippen LogP) is 2.26. The first-order chi connectivity index (χ1) is 10.2. The number of rotatable bonds is 5. The van der Waals surface area contributed by atoms with Crippen LogP contribution in [0.15, 0.2) is 12.2 Å². The summed E-state index contributed by atoms with van der Waals surface area (Å²) in [6, 6.07) is 0. The number of hydrogen-bond donors (Lipinski definition) is 1. The number of carbonyl (C=O) groups is 2. The normalized spacial score (nSPS) is 21.9. The molecule has 1 atom stereocenters. The first-order valence-electron chi connectivity index (χ1n) is 7.66. The smallest absolute Gasteiger partial charge is 0.411 e. The second-order valence-corrected chi connectivity index (χ2v) is 6.39. The van der Waals surface area contributed by atoms with Crippen LogP contribution in [0.2, 0.25) is 0 Å². The molecule has 0 radical (unpaired) electrons. The molecule has 0 bridgehead atoms. The van der Waals surface area contributed by atoms with E-state index in [0.717, 1.165) is 0 Å². The van der Waals surface area contributed by atoms with Gasteiger partial charge in [-0.3, -0.25) is 4.90 Å². The summed E-state index contributed by atoms with van der Waals surface area (Å²) in [5, 5.41) is 9.13. The Morgan fingerprint density at radius 2 is 2.05 bits per heavy atom. The number of nitrogens with zero attached hydrogens (tertiary/aromatic N) is 1. The van der Waals surface area contributed by atoms with Gasteiger partial charge in [0.25, 0.3) is 0 Å². The first-order valence-corrected chi connectivity index (χ1v) is 7.66. The average molecular weight is 313 g/mol. The Bertz CT molecular complexity index is 440. The van der Waals surface area contributed by atoms with E-state index in [4.69, 9.17) is 14.6 Å². The fourth-order valence-corrected chi connectivity index (χ4v) is 2.65. The molecule has 0 aromatic carbocycles. The van der Waals surface area contributed by atoms with Gasteiger partial charge >= 0.3 is 12.1 Å². The Morgan fingerprint density at radius 3 is 2.55 bits per heavy atom. The molecule has 1 heterocycles. The second-order valence-electron chi connectivity index (χ2n) is 6.39. The van der Waals surface area contributed by atoms with Crippen LogP contribution in [-0.2, 0) is 14.3 Å². The highest BCUT2D eigenvalue weighted by Crippen LogP contribution is 2.39. The molecule has 0 aliphatic carbocycles. The maximum absolute atomic E-state index is 12.5. The van der Waals surface area contributed by atoms with Crippen LogP contribution in [0, 0.1) is 0 Å². The van der Waals surface area contributed by atoms with Crippen LogP contribution < -0.4 is 0 Å². The summed E-state index contributed by atoms with van der Waals surface area (Å²) in [5.74, 6) is -0.503. The molecule has 1 rings (SSSR count). The van der Waals surface area contributed by atoms with Crippen LogP contribution in [-0.4, -0.2) is 53.0 Å². The van der Waals surface area contributed by atoms with Crippen molar-refractivity contribution in [3.63, 3.8) is 0 Å². The van der Waals surface area contributed by atoms with Crippen molar-refractivity contribution in [2.75, 3.05) is 19.8 Å². The van der Waals surface area contributed by atoms with E-state index in [9.17, 15) is 9.59 Å². The van der Waals surface area contributed by atoms with Gasteiger partial charge in [0.2, 0.25) is 0 Å². The minimum atomic E-state index is -1.24. The number of hydrogen-bond acceptors (Lipinski definition) is 5. The molecule has 6 nitrogen and oxygen atoms in total. The third kappa shape index (κ3) is 3.80. The van der Waals surface area contributed by atoms with Crippen molar-refractivity contribution in [3.05, 3.63) is 12.2 Å². The Morgan fingerprint density at radius 1 is 1.41 bits per heavy atom. The van der Waals surface area contributed by atoms with E-state index in [1.807, 2.05) is 0 Å². The summed E-state index contributed by atoms with van der Waals surface area (Å²) in [4.78, 5) is 26.4. The van der Waals surface area contributed by atoms with Crippen molar-refractivity contribution < 1.29 is 24.2 Å². The zero-order valence-electron chi connectivity index (χ0n) is 14.0. The van der Waals surface area contributed by atoms with Crippen LogP contribution in [0.4, 0.5) is 4.79 Å². The molecular weight excluding hydrogens is 286 g/mol. The summed E-state index contributed by atoms with van der Waals surface area (Å²) in [6.07, 6.45) is 0.609. The molecule has 1 aliphatic rings. The summed E-state index contributed by atoms with van der Waals surface area (Å²) in [5.41, 5.74) is -1.26. The number of aliphatic hydroxyl groups is 1. The summed E-state index contributed by atoms with van der Waals surface area (Å²) < 4.78 is 10.6. The van der Waals surface area contributed by atoms with Gasteiger partial charge in [-0.1, -0.05) is 6.58 Å². The van der Waals surface area contributed by atoms with Crippen molar-refractivity contribution in [1.29, 1.82) is 0 Å². The molecule has 0 aromatic heterocycles. The molecule has 0 saturated carbocycles. The Labute approximate surface area is 132 Å². The first kappa shape index (κ1) is 18.5. The lowest BCUT2D eigenvalue weighted by molar-refractivity contribution is -0.154. The van der Waals surface area contributed by atoms with Crippen molar-refractivity contribution in [2.45, 2.75) is 58.1 Å². The average Bonchev–Trinajstić information content (AvgIpc) is 2.73. The van der Waals surface area contributed by atoms with Crippen LogP contribution in [0.3, 0.4) is 0 Å². The number of carbonyl (C=O) groups excluding carboxylic acids is 2. The lowest BCUT2D eigenvalue weighted by Gasteiger charge is -2.37. The molecule has 126 valence electrons. The highest BCUT2D eigenvalue weighted by atomic mass is 16.6. The molecule has 1 amide bonds. The van der Waals surface area contributed by atoms with Crippen LogP contribution in [0.25, 0.3) is 0 Å². The topological polar surface area (TPSA) is 76.1 Å². The lowest BCUT2D eigenvalue weighted by Crippen LogP contribution is -2.55. The summed E-state index contributed by atoms with van der Waals surface area (Å²) >= 11 is 0. The fourth-order valence-electron chi connectivity index (χ4n) is 2.65. The predicted molar refractivity (Wildman–Crippen MR) is 82.4 cm³/mol. The maximum Gasteiger partial charge on any atom is 0.411 e. The monoisotopic (exact) mass is 313 g/mol. The van der Waals surface area contributed by atoms with Crippen molar-refractivity contribution in [1.82, 2.24) is 4.90 Å². The van der Waals surface area contributed by atoms with Gasteiger partial charge in [0, 0.05) is 13.2 Å². The summed E-state index contributed by atoms with van der Waals surface area (Å²) in [7, 11) is 0. The van der Waals surface area contributed by atoms with Gasteiger partial charge < -0.3 is 14.6 Å². The van der Waals surface area contributed by atoms with Crippen molar-refractivity contribution >= 4 is 12.1 Å². The molecule has 1 aliphatic heterocycles. The molecule has 6 heteroatoms. The zero-order chi connectivity index (χ0) is 17.0. The van der Waals surface area contributed by atoms with Gasteiger partial charge in [0.05, 0.1) is 6.61 Å². The standard InChI is InChI=1S/C16H27NO5/c1-6-21-13(19)16(9-7-11-18)12(2)8-10-17(16)14(20)22-15(3,4)5/h18H,2,6-11H2,1,3-5H3. The number of aliphatic hydroxyl groups excluding tert-OH is 1. The molecule has 1 unspecified atom stereocenters. The van der Waals surface area contributed by atoms with E-state index >= 15 is 0 Å². The molecule has 1 fully saturated rings. The molecule has 22 heavy (non-hydrogen) atoms. The van der Waals surface area contributed by atoms with E-state index in [1.165, 1.54) is 4.90 Å². The maximum atomic E-state index is 12.5. The summed E-state index contributed by atoms with van der Waals surface area (Å²) in [6.45, 7) is 11.5. The van der Waals surface area contributed by atoms with Gasteiger partial charge in [0.1, 0.15) is 5.60 Å². The molecule has 1 saturated heterocycles. The minimum Gasteiger partial charge on any atom is -0.464 e. The number of amides is 1. The third-order valence-corrected chi connectivity index (χ3v) is 3.61. The Hall–Kier alpha value is -1.56. The largest absolute Gasteiger partial charge is 0.464 e. The fraction of sp³-hybridized carbons (Fsp3) is 0.750. The number of esters is 1. The SMILES string of the molecule is C=C1CCN(C(=O)OC(C)(C)C)C1(CCCO)C(=O)OCC. The minimum absolute atomic E-state index is 0.0728. The number of ether oxygens (including phenoxy) is 2. The van der Waals surface area contributed by atoms with Crippen LogP contribution in [0.1, 0.15) is 47.0 Å². The quantitative estimate of drug-likeness (QED) is 0.622. The highest BCUT2D eigenvalue weighted by molar-refractivity contribution is 5.90. The van der Waals surface area contributed by atoms with Gasteiger partial charge in [-0.05, 0) is 52.5 Å². The van der Waals surface area contributed by atoms with Crippen LogP contribution in [0.5, 0.6) is 0 Å². The molecule has 0 aromatic rings. The van der Waals surface area contributed by atoms with Gasteiger partial charge in [-0.25, -0.2) is 9.59 Å². The van der Waals surface area contributed by atoms with Crippen LogP contribution >= 0.6 is 0 Å². The highest BCUT2D eigenvalue weighted by Gasteiger charge is 2.54. The van der Waals surface area contributed by atoms with Crippen molar-refractivity contribution in [2.24, 2.45) is 0 Å². The van der Waals surface area contributed by atoms with Gasteiger partial charge in [-0.2, -0.15) is 0 Å². The molecule has 1 N–H and O–H groups in total. The van der Waals surface area contributed by atoms with Crippen molar-refractivity contribution in [3.8, 4) is 0 Å². The van der Waals surface area contributed by atoms with E-state index in [0.29, 0.717) is 25.0 Å². The molecule has 0 spiro atoms. The third-order valence-electron chi connectivity index (χ3n) is 3.61. The van der Waals surface area contributed by atoms with E-state index < -0.39 is 23.2 Å². The van der Waals surface area contributed by atoms with Gasteiger partial charge in [-0.15, -0.1) is 0 Å². The van der Waals surface area contributed by atoms with E-state index in [1.54, 1.807) is 27.7 Å². The Balaban J connectivity index is 3.14. The molecular formula is C16H27NO5. The Kier molecular flexibility index (Phi) is 6.00.